The van der Waals surface area contributed by atoms with Gasteiger partial charge in [0, 0.05) is 12.0 Å². The van der Waals surface area contributed by atoms with Crippen LogP contribution >= 0.6 is 0 Å². The van der Waals surface area contributed by atoms with E-state index in [2.05, 4.69) is 6.07 Å². The number of carbonyl (C=O) groups is 1. The molecule has 2 fully saturated rings. The molecule has 0 aromatic heterocycles. The molecule has 0 unspecified atom stereocenters. The van der Waals surface area contributed by atoms with Crippen molar-refractivity contribution in [2.45, 2.75) is 38.8 Å². The first-order chi connectivity index (χ1) is 6.15. The van der Waals surface area contributed by atoms with Crippen LogP contribution in [0.2, 0.25) is 0 Å². The minimum Gasteiger partial charge on any atom is -0.323 e. The molecule has 1 heterocycles. The lowest BCUT2D eigenvalue weighted by atomic mass is 10.1. The predicted molar refractivity (Wildman–Crippen MR) is 47.6 cm³/mol. The Morgan fingerprint density at radius 3 is 2.77 bits per heavy atom. The number of hydrogen-bond acceptors (Lipinski definition) is 2. The average Bonchev–Trinajstić information content (AvgIpc) is 2.76. The molecule has 0 spiro atoms. The summed E-state index contributed by atoms with van der Waals surface area (Å²) in [5.41, 5.74) is 0. The van der Waals surface area contributed by atoms with Crippen LogP contribution in [0.4, 0.5) is 0 Å². The molecule has 0 aromatic rings. The maximum absolute atomic E-state index is 11.7. The molecule has 0 radical (unpaired) electrons. The molecule has 0 bridgehead atoms. The average molecular weight is 178 g/mol. The minimum atomic E-state index is -0.140. The van der Waals surface area contributed by atoms with Crippen LogP contribution in [0.15, 0.2) is 0 Å². The summed E-state index contributed by atoms with van der Waals surface area (Å²) in [4.78, 5) is 13.5. The highest BCUT2D eigenvalue weighted by Gasteiger charge is 2.54. The van der Waals surface area contributed by atoms with E-state index in [-0.39, 0.29) is 17.9 Å². The van der Waals surface area contributed by atoms with Gasteiger partial charge in [0.15, 0.2) is 0 Å². The maximum Gasteiger partial charge on any atom is 0.226 e. The molecule has 2 aliphatic rings. The van der Waals surface area contributed by atoms with Gasteiger partial charge >= 0.3 is 0 Å². The van der Waals surface area contributed by atoms with Gasteiger partial charge in [-0.15, -0.1) is 0 Å². The third kappa shape index (κ3) is 1.21. The molecule has 1 aliphatic carbocycles. The largest absolute Gasteiger partial charge is 0.323 e. The Kier molecular flexibility index (Phi) is 1.80. The Morgan fingerprint density at radius 1 is 1.54 bits per heavy atom. The standard InChI is InChI=1S/C10H14N2O/c1-6(2)10(13)12-8(5-11)3-7-4-9(7)12/h6-9H,3-4H2,1-2H3/t7-,8-,9+/m0/s1. The van der Waals surface area contributed by atoms with Crippen molar-refractivity contribution in [3.05, 3.63) is 0 Å². The molecule has 3 heteroatoms. The summed E-state index contributed by atoms with van der Waals surface area (Å²) >= 11 is 0. The van der Waals surface area contributed by atoms with Gasteiger partial charge in [0.25, 0.3) is 0 Å². The van der Waals surface area contributed by atoms with Crippen molar-refractivity contribution in [1.82, 2.24) is 4.90 Å². The first kappa shape index (κ1) is 8.55. The van der Waals surface area contributed by atoms with Crippen LogP contribution in [-0.4, -0.2) is 22.9 Å². The number of fused-ring (bicyclic) bond motifs is 1. The minimum absolute atomic E-state index is 0.0233. The summed E-state index contributed by atoms with van der Waals surface area (Å²) in [5.74, 6) is 0.805. The van der Waals surface area contributed by atoms with E-state index < -0.39 is 0 Å². The Hall–Kier alpha value is -1.04. The number of hydrogen-bond donors (Lipinski definition) is 0. The monoisotopic (exact) mass is 178 g/mol. The normalized spacial score (nSPS) is 35.8. The van der Waals surface area contributed by atoms with Crippen LogP contribution in [0.25, 0.3) is 0 Å². The van der Waals surface area contributed by atoms with Crippen molar-refractivity contribution in [2.75, 3.05) is 0 Å². The van der Waals surface area contributed by atoms with Crippen molar-refractivity contribution < 1.29 is 4.79 Å². The zero-order chi connectivity index (χ0) is 9.59. The van der Waals surface area contributed by atoms with Gasteiger partial charge in [-0.25, -0.2) is 0 Å². The first-order valence-electron chi connectivity index (χ1n) is 4.87. The lowest BCUT2D eigenvalue weighted by Crippen LogP contribution is -2.40. The molecule has 70 valence electrons. The molecule has 0 N–H and O–H groups in total. The topological polar surface area (TPSA) is 44.1 Å². The van der Waals surface area contributed by atoms with Crippen molar-refractivity contribution >= 4 is 5.91 Å². The van der Waals surface area contributed by atoms with Gasteiger partial charge in [-0.3, -0.25) is 4.79 Å². The predicted octanol–water partition coefficient (Wildman–Crippen LogP) is 1.16. The number of likely N-dealkylation sites (tertiary alicyclic amines) is 1. The number of piperidine rings is 1. The highest BCUT2D eigenvalue weighted by atomic mass is 16.2. The van der Waals surface area contributed by atoms with Gasteiger partial charge in [-0.05, 0) is 18.8 Å². The molecule has 13 heavy (non-hydrogen) atoms. The Balaban J connectivity index is 2.13. The van der Waals surface area contributed by atoms with Crippen LogP contribution in [-0.2, 0) is 4.79 Å². The van der Waals surface area contributed by atoms with E-state index >= 15 is 0 Å². The number of nitriles is 1. The smallest absolute Gasteiger partial charge is 0.226 e. The van der Waals surface area contributed by atoms with E-state index in [0.29, 0.717) is 12.0 Å². The molecule has 0 aromatic carbocycles. The van der Waals surface area contributed by atoms with Crippen LogP contribution in [0.3, 0.4) is 0 Å². The second-order valence-electron chi connectivity index (χ2n) is 4.34. The summed E-state index contributed by atoms with van der Waals surface area (Å²) in [5, 5.41) is 8.86. The molecule has 2 rings (SSSR count). The van der Waals surface area contributed by atoms with Gasteiger partial charge in [0.2, 0.25) is 5.91 Å². The zero-order valence-corrected chi connectivity index (χ0v) is 8.03. The van der Waals surface area contributed by atoms with Gasteiger partial charge in [-0.2, -0.15) is 5.26 Å². The molecule has 3 atom stereocenters. The zero-order valence-electron chi connectivity index (χ0n) is 8.03. The van der Waals surface area contributed by atoms with E-state index in [4.69, 9.17) is 5.26 Å². The SMILES string of the molecule is CC(C)C(=O)N1[C@H](C#N)C[C@H]2C[C@H]21. The lowest BCUT2D eigenvalue weighted by Gasteiger charge is -2.24. The van der Waals surface area contributed by atoms with Gasteiger partial charge in [0.1, 0.15) is 6.04 Å². The number of amides is 1. The molecular weight excluding hydrogens is 164 g/mol. The summed E-state index contributed by atoms with van der Waals surface area (Å²) < 4.78 is 0. The van der Waals surface area contributed by atoms with Crippen molar-refractivity contribution in [3.63, 3.8) is 0 Å². The Labute approximate surface area is 78.3 Å². The lowest BCUT2D eigenvalue weighted by molar-refractivity contribution is -0.135. The van der Waals surface area contributed by atoms with E-state index in [1.165, 1.54) is 0 Å². The molecule has 1 amide bonds. The Morgan fingerprint density at radius 2 is 2.23 bits per heavy atom. The second kappa shape index (κ2) is 2.73. The van der Waals surface area contributed by atoms with E-state index in [1.54, 1.807) is 0 Å². The van der Waals surface area contributed by atoms with Gasteiger partial charge in [-0.1, -0.05) is 13.8 Å². The van der Waals surface area contributed by atoms with Crippen LogP contribution < -0.4 is 0 Å². The van der Waals surface area contributed by atoms with E-state index in [0.717, 1.165) is 12.8 Å². The summed E-state index contributed by atoms with van der Waals surface area (Å²) in [6.07, 6.45) is 2.02. The van der Waals surface area contributed by atoms with Gasteiger partial charge < -0.3 is 4.90 Å². The number of carbonyl (C=O) groups excluding carboxylic acids is 1. The fourth-order valence-corrected chi connectivity index (χ4v) is 2.19. The highest BCUT2D eigenvalue weighted by Crippen LogP contribution is 2.48. The maximum atomic E-state index is 11.7. The first-order valence-corrected chi connectivity index (χ1v) is 4.87. The molecule has 1 aliphatic heterocycles. The van der Waals surface area contributed by atoms with Crippen LogP contribution in [0.5, 0.6) is 0 Å². The fourth-order valence-electron chi connectivity index (χ4n) is 2.19. The summed E-state index contributed by atoms with van der Waals surface area (Å²) in [6.45, 7) is 3.79. The molecular formula is C10H14N2O. The van der Waals surface area contributed by atoms with E-state index in [1.807, 2.05) is 18.7 Å². The number of rotatable bonds is 1. The molecule has 1 saturated carbocycles. The Bertz CT molecular complexity index is 279. The van der Waals surface area contributed by atoms with Crippen molar-refractivity contribution in [1.29, 1.82) is 5.26 Å². The summed E-state index contributed by atoms with van der Waals surface area (Å²) in [7, 11) is 0. The fraction of sp³-hybridized carbons (Fsp3) is 0.800. The van der Waals surface area contributed by atoms with Crippen LogP contribution in [0, 0.1) is 23.2 Å². The molecule has 3 nitrogen and oxygen atoms in total. The van der Waals surface area contributed by atoms with E-state index in [9.17, 15) is 4.79 Å². The van der Waals surface area contributed by atoms with Crippen molar-refractivity contribution in [2.24, 2.45) is 11.8 Å². The van der Waals surface area contributed by atoms with Gasteiger partial charge in [0.05, 0.1) is 6.07 Å². The number of nitrogens with zero attached hydrogens (tertiary/aromatic N) is 2. The van der Waals surface area contributed by atoms with Crippen molar-refractivity contribution in [3.8, 4) is 6.07 Å². The third-order valence-electron chi connectivity index (χ3n) is 3.00. The highest BCUT2D eigenvalue weighted by molar-refractivity contribution is 5.80. The van der Waals surface area contributed by atoms with Crippen LogP contribution in [0.1, 0.15) is 26.7 Å². The summed E-state index contributed by atoms with van der Waals surface area (Å²) in [6, 6.07) is 2.48. The second-order valence-corrected chi connectivity index (χ2v) is 4.34. The quantitative estimate of drug-likeness (QED) is 0.604. The third-order valence-corrected chi connectivity index (χ3v) is 3.00. The molecule has 1 saturated heterocycles.